The molecule has 9 heteroatoms. The summed E-state index contributed by atoms with van der Waals surface area (Å²) in [7, 11) is 0. The van der Waals surface area contributed by atoms with Crippen molar-refractivity contribution in [3.63, 3.8) is 0 Å². The third-order valence-corrected chi connectivity index (χ3v) is 6.37. The number of carboxylic acids is 1. The van der Waals surface area contributed by atoms with Crippen molar-refractivity contribution >= 4 is 45.2 Å². The van der Waals surface area contributed by atoms with E-state index in [2.05, 4.69) is 15.3 Å². The van der Waals surface area contributed by atoms with E-state index >= 15 is 0 Å². The monoisotopic (exact) mass is 397 g/mol. The van der Waals surface area contributed by atoms with Crippen LogP contribution in [0.3, 0.4) is 0 Å². The zero-order valence-electron chi connectivity index (χ0n) is 15.2. The number of nitrogens with zero attached hydrogens (tertiary/aromatic N) is 1. The van der Waals surface area contributed by atoms with Crippen LogP contribution in [0.1, 0.15) is 43.0 Å². The number of rotatable bonds is 8. The molecule has 0 radical (unpaired) electrons. The van der Waals surface area contributed by atoms with Crippen molar-refractivity contribution in [2.45, 2.75) is 57.6 Å². The van der Waals surface area contributed by atoms with Gasteiger partial charge in [-0.15, -0.1) is 23.1 Å². The van der Waals surface area contributed by atoms with Crippen LogP contribution in [0.2, 0.25) is 0 Å². The molecule has 0 spiro atoms. The van der Waals surface area contributed by atoms with E-state index < -0.39 is 17.3 Å². The number of nitrogens with one attached hydrogen (secondary N) is 2. The van der Waals surface area contributed by atoms with Crippen molar-refractivity contribution < 1.29 is 14.7 Å². The predicted molar refractivity (Wildman–Crippen MR) is 105 cm³/mol. The Labute approximate surface area is 159 Å². The van der Waals surface area contributed by atoms with Gasteiger partial charge in [-0.2, -0.15) is 0 Å². The number of fused-ring (bicyclic) bond motifs is 1. The lowest BCUT2D eigenvalue weighted by Gasteiger charge is -2.17. The van der Waals surface area contributed by atoms with E-state index in [9.17, 15) is 14.4 Å². The molecule has 3 N–H and O–H groups in total. The molecule has 0 saturated heterocycles. The number of H-pyrrole nitrogens is 1. The summed E-state index contributed by atoms with van der Waals surface area (Å²) in [6, 6.07) is -0.873. The maximum absolute atomic E-state index is 12.3. The molecule has 142 valence electrons. The first-order valence-electron chi connectivity index (χ1n) is 8.38. The molecule has 0 aromatic carbocycles. The highest BCUT2D eigenvalue weighted by Crippen LogP contribution is 2.26. The zero-order valence-corrected chi connectivity index (χ0v) is 16.8. The van der Waals surface area contributed by atoms with Gasteiger partial charge in [-0.05, 0) is 32.8 Å². The highest BCUT2D eigenvalue weighted by atomic mass is 32.2. The van der Waals surface area contributed by atoms with Crippen LogP contribution in [-0.4, -0.2) is 38.2 Å². The van der Waals surface area contributed by atoms with Crippen molar-refractivity contribution in [3.05, 3.63) is 26.6 Å². The van der Waals surface area contributed by atoms with Gasteiger partial charge in [0, 0.05) is 4.88 Å². The normalized spacial score (nSPS) is 13.5. The van der Waals surface area contributed by atoms with Gasteiger partial charge in [0.2, 0.25) is 5.91 Å². The molecule has 2 unspecified atom stereocenters. The number of aryl methyl sites for hydroxylation is 2. The van der Waals surface area contributed by atoms with Crippen LogP contribution in [0.25, 0.3) is 10.2 Å². The average molecular weight is 398 g/mol. The number of aliphatic carboxylic acids is 1. The largest absolute Gasteiger partial charge is 0.480 e. The molecule has 0 aliphatic rings. The Bertz CT molecular complexity index is 875. The number of carbonyl (C=O) groups excluding carboxylic acids is 1. The maximum atomic E-state index is 12.3. The number of carbonyl (C=O) groups is 2. The number of aromatic nitrogens is 2. The minimum Gasteiger partial charge on any atom is -0.480 e. The lowest BCUT2D eigenvalue weighted by molar-refractivity contribution is -0.141. The minimum absolute atomic E-state index is 0.168. The Morgan fingerprint density at radius 1 is 1.38 bits per heavy atom. The number of hydrogen-bond acceptors (Lipinski definition) is 6. The molecule has 26 heavy (non-hydrogen) atoms. The van der Waals surface area contributed by atoms with Gasteiger partial charge in [0.15, 0.2) is 0 Å². The maximum Gasteiger partial charge on any atom is 0.326 e. The Kier molecular flexibility index (Phi) is 6.82. The first-order valence-corrected chi connectivity index (χ1v) is 10.2. The third kappa shape index (κ3) is 4.64. The standard InChI is InChI=1S/C17H23N3O4S2/c1-5-6-11(17(23)24)18-14(21)10(4)25-7-12-19-15(22)13-8(2)9(3)26-16(13)20-12/h10-11H,5-7H2,1-4H3,(H,18,21)(H,23,24)(H,19,20,22). The van der Waals surface area contributed by atoms with Crippen molar-refractivity contribution in [3.8, 4) is 0 Å². The van der Waals surface area contributed by atoms with Crippen molar-refractivity contribution in [2.75, 3.05) is 0 Å². The van der Waals surface area contributed by atoms with Crippen LogP contribution in [0.15, 0.2) is 4.79 Å². The van der Waals surface area contributed by atoms with E-state index in [1.165, 1.54) is 23.1 Å². The second-order valence-electron chi connectivity index (χ2n) is 6.12. The summed E-state index contributed by atoms with van der Waals surface area (Å²) in [6.07, 6.45) is 1.06. The SMILES string of the molecule is CCCC(NC(=O)C(C)SCc1nc2sc(C)c(C)c2c(=O)[nH]1)C(=O)O. The number of hydrogen-bond donors (Lipinski definition) is 3. The predicted octanol–water partition coefficient (Wildman–Crippen LogP) is 2.59. The van der Waals surface area contributed by atoms with Gasteiger partial charge in [-0.1, -0.05) is 13.3 Å². The Balaban J connectivity index is 2.03. The minimum atomic E-state index is -1.03. The number of aromatic amines is 1. The van der Waals surface area contributed by atoms with Crippen LogP contribution >= 0.6 is 23.1 Å². The number of amides is 1. The number of thiophene rings is 1. The summed E-state index contributed by atoms with van der Waals surface area (Å²) in [5.41, 5.74) is 0.778. The summed E-state index contributed by atoms with van der Waals surface area (Å²) < 4.78 is 0. The molecule has 2 heterocycles. The fourth-order valence-corrected chi connectivity index (χ4v) is 4.30. The molecule has 7 nitrogen and oxygen atoms in total. The highest BCUT2D eigenvalue weighted by Gasteiger charge is 2.22. The average Bonchev–Trinajstić information content (AvgIpc) is 2.86. The van der Waals surface area contributed by atoms with Gasteiger partial charge < -0.3 is 15.4 Å². The number of thioether (sulfide) groups is 1. The molecule has 0 aliphatic carbocycles. The first kappa shape index (κ1) is 20.4. The zero-order chi connectivity index (χ0) is 19.4. The molecule has 0 fully saturated rings. The third-order valence-electron chi connectivity index (χ3n) is 4.12. The molecule has 0 aliphatic heterocycles. The Morgan fingerprint density at radius 2 is 2.08 bits per heavy atom. The van der Waals surface area contributed by atoms with Crippen LogP contribution in [0, 0.1) is 13.8 Å². The summed E-state index contributed by atoms with van der Waals surface area (Å²) >= 11 is 2.78. The van der Waals surface area contributed by atoms with Crippen molar-refractivity contribution in [2.24, 2.45) is 0 Å². The molecule has 0 bridgehead atoms. The van der Waals surface area contributed by atoms with Gasteiger partial charge >= 0.3 is 5.97 Å². The summed E-state index contributed by atoms with van der Waals surface area (Å²) in [4.78, 5) is 44.6. The van der Waals surface area contributed by atoms with Gasteiger partial charge in [0.1, 0.15) is 16.7 Å². The summed E-state index contributed by atoms with van der Waals surface area (Å²) in [5.74, 6) is -0.488. The lowest BCUT2D eigenvalue weighted by atomic mass is 10.1. The van der Waals surface area contributed by atoms with Crippen LogP contribution in [0.4, 0.5) is 0 Å². The highest BCUT2D eigenvalue weighted by molar-refractivity contribution is 7.99. The summed E-state index contributed by atoms with van der Waals surface area (Å²) in [6.45, 7) is 7.44. The summed E-state index contributed by atoms with van der Waals surface area (Å²) in [5, 5.41) is 11.8. The first-order chi connectivity index (χ1) is 12.2. The van der Waals surface area contributed by atoms with Crippen molar-refractivity contribution in [1.29, 1.82) is 0 Å². The molecule has 1 amide bonds. The van der Waals surface area contributed by atoms with E-state index in [1.807, 2.05) is 20.8 Å². The van der Waals surface area contributed by atoms with Gasteiger partial charge in [0.25, 0.3) is 5.56 Å². The van der Waals surface area contributed by atoms with Crippen LogP contribution in [0.5, 0.6) is 0 Å². The molecule has 2 rings (SSSR count). The molecular formula is C17H23N3O4S2. The van der Waals surface area contributed by atoms with E-state index in [4.69, 9.17) is 5.11 Å². The molecular weight excluding hydrogens is 374 g/mol. The molecule has 2 aromatic heterocycles. The fourth-order valence-electron chi connectivity index (χ4n) is 2.48. The van der Waals surface area contributed by atoms with Gasteiger partial charge in [0.05, 0.1) is 16.4 Å². The lowest BCUT2D eigenvalue weighted by Crippen LogP contribution is -2.43. The second kappa shape index (κ2) is 8.68. The molecule has 0 saturated carbocycles. The Hall–Kier alpha value is -1.87. The Morgan fingerprint density at radius 3 is 2.69 bits per heavy atom. The smallest absolute Gasteiger partial charge is 0.326 e. The second-order valence-corrected chi connectivity index (χ2v) is 8.65. The topological polar surface area (TPSA) is 112 Å². The van der Waals surface area contributed by atoms with E-state index in [1.54, 1.807) is 6.92 Å². The van der Waals surface area contributed by atoms with Crippen LogP contribution in [-0.2, 0) is 15.3 Å². The van der Waals surface area contributed by atoms with Crippen LogP contribution < -0.4 is 10.9 Å². The number of carboxylic acid groups (broad SMARTS) is 1. The van der Waals surface area contributed by atoms with E-state index in [0.717, 1.165) is 10.4 Å². The fraction of sp³-hybridized carbons (Fsp3) is 0.529. The van der Waals surface area contributed by atoms with Crippen molar-refractivity contribution in [1.82, 2.24) is 15.3 Å². The molecule has 2 atom stereocenters. The van der Waals surface area contributed by atoms with E-state index in [0.29, 0.717) is 34.6 Å². The van der Waals surface area contributed by atoms with Gasteiger partial charge in [-0.25, -0.2) is 9.78 Å². The quantitative estimate of drug-likeness (QED) is 0.631. The van der Waals surface area contributed by atoms with E-state index in [-0.39, 0.29) is 11.5 Å². The van der Waals surface area contributed by atoms with Gasteiger partial charge in [-0.3, -0.25) is 9.59 Å². The molecule has 2 aromatic rings.